The summed E-state index contributed by atoms with van der Waals surface area (Å²) in [5.41, 5.74) is 0. The maximum Gasteiger partial charge on any atom is 0.306 e. The van der Waals surface area contributed by atoms with E-state index in [2.05, 4.69) is 38.2 Å². The van der Waals surface area contributed by atoms with E-state index in [4.69, 9.17) is 9.47 Å². The number of allylic oxidation sites excluding steroid dienone is 4. The Bertz CT molecular complexity index is 729. The van der Waals surface area contributed by atoms with E-state index in [0.717, 1.165) is 64.2 Å². The number of ketones is 1. The molecule has 0 rings (SSSR count). The molecule has 2 atom stereocenters. The minimum absolute atomic E-state index is 0.211. The van der Waals surface area contributed by atoms with Crippen LogP contribution in [0.4, 0.5) is 0 Å². The van der Waals surface area contributed by atoms with Crippen molar-refractivity contribution < 1.29 is 29.0 Å². The number of unbranched alkanes of at least 4 members (excludes halogenated alkanes) is 18. The van der Waals surface area contributed by atoms with Crippen molar-refractivity contribution in [1.29, 1.82) is 0 Å². The molecule has 0 aliphatic rings. The molecule has 1 N–H and O–H groups in total. The van der Waals surface area contributed by atoms with Crippen molar-refractivity contribution in [3.05, 3.63) is 24.3 Å². The number of esters is 2. The number of hydrogen-bond donors (Lipinski definition) is 1. The lowest BCUT2D eigenvalue weighted by molar-refractivity contribution is -0.174. The van der Waals surface area contributed by atoms with Crippen molar-refractivity contribution in [2.24, 2.45) is 0 Å². The summed E-state index contributed by atoms with van der Waals surface area (Å²) in [6, 6.07) is 0. The van der Waals surface area contributed by atoms with E-state index >= 15 is 0 Å². The van der Waals surface area contributed by atoms with Crippen LogP contribution in [-0.2, 0) is 23.9 Å². The van der Waals surface area contributed by atoms with Gasteiger partial charge in [0.05, 0.1) is 6.61 Å². The Morgan fingerprint density at radius 2 is 0.884 bits per heavy atom. The van der Waals surface area contributed by atoms with Crippen molar-refractivity contribution in [2.45, 2.75) is 187 Å². The summed E-state index contributed by atoms with van der Waals surface area (Å²) in [7, 11) is 0. The van der Waals surface area contributed by atoms with Gasteiger partial charge < -0.3 is 14.6 Å². The number of carbonyl (C=O) groups is 3. The number of aliphatic hydroxyl groups excluding tert-OH is 1. The smallest absolute Gasteiger partial charge is 0.306 e. The predicted octanol–water partition coefficient (Wildman–Crippen LogP) is 9.91. The molecule has 0 spiro atoms. The molecule has 0 aromatic heterocycles. The minimum atomic E-state index is -1.27. The van der Waals surface area contributed by atoms with Crippen LogP contribution in [0.3, 0.4) is 0 Å². The number of Topliss-reactive ketones (excluding diaryl/α,β-unsaturated/α-hetero) is 1. The molecule has 0 aromatic carbocycles. The summed E-state index contributed by atoms with van der Waals surface area (Å²) in [4.78, 5) is 36.8. The molecule has 0 amide bonds. The second kappa shape index (κ2) is 31.5. The largest absolute Gasteiger partial charge is 0.455 e. The lowest BCUT2D eigenvalue weighted by Gasteiger charge is -2.23. The van der Waals surface area contributed by atoms with Gasteiger partial charge in [0.25, 0.3) is 0 Å². The fraction of sp³-hybridized carbons (Fsp3) is 0.811. The molecule has 0 bridgehead atoms. The fourth-order valence-corrected chi connectivity index (χ4v) is 5.02. The normalized spacial score (nSPS) is 13.0. The van der Waals surface area contributed by atoms with E-state index < -0.39 is 36.5 Å². The van der Waals surface area contributed by atoms with Gasteiger partial charge in [0.15, 0.2) is 18.0 Å². The molecule has 2 unspecified atom stereocenters. The lowest BCUT2D eigenvalue weighted by atomic mass is 10.1. The van der Waals surface area contributed by atoms with Gasteiger partial charge in [-0.1, -0.05) is 115 Å². The van der Waals surface area contributed by atoms with Crippen LogP contribution in [0.1, 0.15) is 175 Å². The quantitative estimate of drug-likeness (QED) is 0.0480. The second-order valence-electron chi connectivity index (χ2n) is 12.0. The summed E-state index contributed by atoms with van der Waals surface area (Å²) >= 11 is 0. The summed E-state index contributed by atoms with van der Waals surface area (Å²) in [6.07, 6.45) is 32.1. The first-order valence-corrected chi connectivity index (χ1v) is 17.8. The SMILES string of the molecule is CCCCCCC=CCCCCCCCC(=O)OC(CO)C(OC(=O)CCCCCCCC=CCCCCCC)C(C)=O. The molecule has 6 heteroatoms. The number of ether oxygens (including phenoxy) is 2. The van der Waals surface area contributed by atoms with Crippen molar-refractivity contribution >= 4 is 17.7 Å². The van der Waals surface area contributed by atoms with E-state index in [1.165, 1.54) is 71.1 Å². The maximum atomic E-state index is 12.4. The molecule has 6 nitrogen and oxygen atoms in total. The van der Waals surface area contributed by atoms with Gasteiger partial charge in [-0.2, -0.15) is 0 Å². The second-order valence-corrected chi connectivity index (χ2v) is 12.0. The molecule has 0 heterocycles. The Morgan fingerprint density at radius 1 is 0.535 bits per heavy atom. The molecule has 0 saturated carbocycles. The average Bonchev–Trinajstić information content (AvgIpc) is 2.99. The zero-order valence-corrected chi connectivity index (χ0v) is 28.1. The zero-order chi connectivity index (χ0) is 31.8. The Kier molecular flexibility index (Phi) is 30.0. The first-order chi connectivity index (χ1) is 21.0. The molecule has 0 aromatic rings. The van der Waals surface area contributed by atoms with E-state index in [1.807, 2.05) is 0 Å². The van der Waals surface area contributed by atoms with Gasteiger partial charge in [-0.05, 0) is 71.1 Å². The third-order valence-corrected chi connectivity index (χ3v) is 7.74. The number of aliphatic hydroxyl groups is 1. The van der Waals surface area contributed by atoms with E-state index in [-0.39, 0.29) is 12.8 Å². The zero-order valence-electron chi connectivity index (χ0n) is 28.1. The van der Waals surface area contributed by atoms with Crippen LogP contribution in [0, 0.1) is 0 Å². The van der Waals surface area contributed by atoms with Crippen LogP contribution < -0.4 is 0 Å². The molecular weight excluding hydrogens is 540 g/mol. The third kappa shape index (κ3) is 27.3. The monoisotopic (exact) mass is 606 g/mol. The first kappa shape index (κ1) is 41.0. The van der Waals surface area contributed by atoms with Crippen LogP contribution in [0.5, 0.6) is 0 Å². The third-order valence-electron chi connectivity index (χ3n) is 7.74. The van der Waals surface area contributed by atoms with Gasteiger partial charge in [-0.15, -0.1) is 0 Å². The van der Waals surface area contributed by atoms with Crippen LogP contribution in [0.15, 0.2) is 24.3 Å². The lowest BCUT2D eigenvalue weighted by Crippen LogP contribution is -2.42. The Hall–Kier alpha value is -1.95. The van der Waals surface area contributed by atoms with E-state index in [0.29, 0.717) is 12.8 Å². The standard InChI is InChI=1S/C37H66O6/c1-4-6-8-10-12-14-16-18-20-22-24-26-28-30-35(40)42-34(32-38)37(33(3)39)43-36(41)31-29-27-25-23-21-19-17-15-13-11-9-7-5-2/h14-17,34,37-38H,4-13,18-32H2,1-3H3. The average molecular weight is 607 g/mol. The highest BCUT2D eigenvalue weighted by molar-refractivity contribution is 5.84. The number of carbonyl (C=O) groups excluding carboxylic acids is 3. The van der Waals surface area contributed by atoms with Crippen molar-refractivity contribution in [1.82, 2.24) is 0 Å². The van der Waals surface area contributed by atoms with Crippen LogP contribution in [-0.4, -0.2) is 41.6 Å². The van der Waals surface area contributed by atoms with E-state index in [9.17, 15) is 19.5 Å². The Morgan fingerprint density at radius 3 is 1.26 bits per heavy atom. The first-order valence-electron chi connectivity index (χ1n) is 17.8. The highest BCUT2D eigenvalue weighted by atomic mass is 16.6. The Labute approximate surface area is 264 Å². The molecule has 0 radical (unpaired) electrons. The molecule has 250 valence electrons. The van der Waals surface area contributed by atoms with Gasteiger partial charge in [0.1, 0.15) is 0 Å². The number of hydrogen-bond acceptors (Lipinski definition) is 6. The van der Waals surface area contributed by atoms with Crippen LogP contribution in [0.25, 0.3) is 0 Å². The summed E-state index contributed by atoms with van der Waals surface area (Å²) in [5, 5.41) is 9.76. The van der Waals surface area contributed by atoms with E-state index in [1.54, 1.807) is 0 Å². The van der Waals surface area contributed by atoms with Crippen molar-refractivity contribution in [2.75, 3.05) is 6.61 Å². The summed E-state index contributed by atoms with van der Waals surface area (Å²) in [6.45, 7) is 5.18. The predicted molar refractivity (Wildman–Crippen MR) is 178 cm³/mol. The highest BCUT2D eigenvalue weighted by Gasteiger charge is 2.32. The maximum absolute atomic E-state index is 12.4. The summed E-state index contributed by atoms with van der Waals surface area (Å²) < 4.78 is 10.7. The van der Waals surface area contributed by atoms with Crippen LogP contribution in [0.2, 0.25) is 0 Å². The molecule has 0 aliphatic heterocycles. The van der Waals surface area contributed by atoms with Crippen molar-refractivity contribution in [3.8, 4) is 0 Å². The van der Waals surface area contributed by atoms with Crippen molar-refractivity contribution in [3.63, 3.8) is 0 Å². The van der Waals surface area contributed by atoms with Gasteiger partial charge in [-0.25, -0.2) is 0 Å². The molecule has 0 aliphatic carbocycles. The van der Waals surface area contributed by atoms with Crippen LogP contribution >= 0.6 is 0 Å². The number of rotatable bonds is 31. The molecule has 0 fully saturated rings. The summed E-state index contributed by atoms with van der Waals surface area (Å²) in [5.74, 6) is -1.40. The van der Waals surface area contributed by atoms with Gasteiger partial charge in [0, 0.05) is 12.8 Å². The van der Waals surface area contributed by atoms with Gasteiger partial charge >= 0.3 is 11.9 Å². The fourth-order valence-electron chi connectivity index (χ4n) is 5.02. The van der Waals surface area contributed by atoms with Gasteiger partial charge in [-0.3, -0.25) is 14.4 Å². The highest BCUT2D eigenvalue weighted by Crippen LogP contribution is 2.14. The van der Waals surface area contributed by atoms with Gasteiger partial charge in [0.2, 0.25) is 0 Å². The topological polar surface area (TPSA) is 89.9 Å². The molecule has 43 heavy (non-hydrogen) atoms. The Balaban J connectivity index is 4.02. The molecular formula is C37H66O6. The molecule has 0 saturated heterocycles. The minimum Gasteiger partial charge on any atom is -0.455 e.